The Morgan fingerprint density at radius 3 is 2.83 bits per heavy atom. The summed E-state index contributed by atoms with van der Waals surface area (Å²) in [7, 11) is 0. The summed E-state index contributed by atoms with van der Waals surface area (Å²) in [5.41, 5.74) is 1.32. The molecule has 0 aliphatic heterocycles. The van der Waals surface area contributed by atoms with E-state index in [1.807, 2.05) is 0 Å². The van der Waals surface area contributed by atoms with Crippen molar-refractivity contribution in [3.05, 3.63) is 16.1 Å². The van der Waals surface area contributed by atoms with Gasteiger partial charge >= 0.3 is 0 Å². The largest absolute Gasteiger partial charge is 0.247 e. The average Bonchev–Trinajstić information content (AvgIpc) is 2.63. The fraction of sp³-hybridized carbons (Fsp3) is 0.700. The Balaban J connectivity index is 1.94. The molecule has 1 aromatic heterocycles. The summed E-state index contributed by atoms with van der Waals surface area (Å²) in [5.74, 6) is 0.937. The summed E-state index contributed by atoms with van der Waals surface area (Å²) in [4.78, 5) is 4.49. The minimum absolute atomic E-state index is 0.937. The molecule has 1 fully saturated rings. The van der Waals surface area contributed by atoms with Gasteiger partial charge in [0.15, 0.2) is 0 Å². The van der Waals surface area contributed by atoms with Crippen molar-refractivity contribution in [2.45, 2.75) is 39.0 Å². The average molecular weight is 181 g/mol. The zero-order valence-corrected chi connectivity index (χ0v) is 8.36. The zero-order valence-electron chi connectivity index (χ0n) is 7.55. The second kappa shape index (κ2) is 3.56. The minimum Gasteiger partial charge on any atom is -0.247 e. The molecule has 0 saturated heterocycles. The van der Waals surface area contributed by atoms with Crippen molar-refractivity contribution in [1.29, 1.82) is 0 Å². The Morgan fingerprint density at radius 2 is 2.25 bits per heavy atom. The van der Waals surface area contributed by atoms with Gasteiger partial charge in [0.25, 0.3) is 0 Å². The van der Waals surface area contributed by atoms with Crippen molar-refractivity contribution >= 4 is 11.3 Å². The first-order valence-electron chi connectivity index (χ1n) is 4.75. The summed E-state index contributed by atoms with van der Waals surface area (Å²) >= 11 is 1.78. The van der Waals surface area contributed by atoms with Crippen molar-refractivity contribution in [3.63, 3.8) is 0 Å². The summed E-state index contributed by atoms with van der Waals surface area (Å²) in [5, 5.41) is 3.43. The molecule has 66 valence electrons. The number of aryl methyl sites for hydroxylation is 1. The molecule has 0 bridgehead atoms. The van der Waals surface area contributed by atoms with Crippen LogP contribution < -0.4 is 0 Å². The highest BCUT2D eigenvalue weighted by molar-refractivity contribution is 7.09. The molecule has 1 nitrogen and oxygen atoms in total. The lowest BCUT2D eigenvalue weighted by Gasteiger charge is -2.04. The van der Waals surface area contributed by atoms with Crippen molar-refractivity contribution in [2.24, 2.45) is 5.92 Å². The fourth-order valence-electron chi connectivity index (χ4n) is 2.01. The van der Waals surface area contributed by atoms with Crippen LogP contribution in [0.1, 0.15) is 36.4 Å². The maximum atomic E-state index is 4.49. The highest BCUT2D eigenvalue weighted by atomic mass is 32.1. The lowest BCUT2D eigenvalue weighted by atomic mass is 10.0. The third kappa shape index (κ3) is 1.86. The standard InChI is InChI=1S/C10H15NS/c1-8-11-10(7-12-8)6-9-4-2-3-5-9/h7,9H,2-6H2,1H3. The van der Waals surface area contributed by atoms with Crippen molar-refractivity contribution in [3.8, 4) is 0 Å². The Kier molecular flexibility index (Phi) is 2.45. The second-order valence-electron chi connectivity index (χ2n) is 3.71. The first kappa shape index (κ1) is 8.24. The molecule has 1 heterocycles. The maximum absolute atomic E-state index is 4.49. The summed E-state index contributed by atoms with van der Waals surface area (Å²) in [6.45, 7) is 2.09. The third-order valence-electron chi connectivity index (χ3n) is 2.64. The van der Waals surface area contributed by atoms with E-state index >= 15 is 0 Å². The number of nitrogens with zero attached hydrogens (tertiary/aromatic N) is 1. The van der Waals surface area contributed by atoms with E-state index < -0.39 is 0 Å². The number of hydrogen-bond donors (Lipinski definition) is 0. The van der Waals surface area contributed by atoms with Gasteiger partial charge in [-0.05, 0) is 19.3 Å². The molecule has 0 amide bonds. The predicted octanol–water partition coefficient (Wildman–Crippen LogP) is 3.18. The Labute approximate surface area is 77.8 Å². The molecule has 1 aliphatic carbocycles. The molecular formula is C10H15NS. The normalized spacial score (nSPS) is 18.8. The van der Waals surface area contributed by atoms with Crippen LogP contribution in [0.15, 0.2) is 5.38 Å². The van der Waals surface area contributed by atoms with Crippen molar-refractivity contribution in [2.75, 3.05) is 0 Å². The first-order chi connectivity index (χ1) is 5.84. The SMILES string of the molecule is Cc1nc(CC2CCCC2)cs1. The van der Waals surface area contributed by atoms with E-state index in [2.05, 4.69) is 17.3 Å². The number of hydrogen-bond acceptors (Lipinski definition) is 2. The van der Waals surface area contributed by atoms with E-state index in [0.717, 1.165) is 5.92 Å². The van der Waals surface area contributed by atoms with Gasteiger partial charge in [0, 0.05) is 5.38 Å². The van der Waals surface area contributed by atoms with Crippen LogP contribution in [0.3, 0.4) is 0 Å². The molecule has 0 aromatic carbocycles. The molecule has 0 atom stereocenters. The van der Waals surface area contributed by atoms with E-state index in [1.54, 1.807) is 11.3 Å². The Bertz CT molecular complexity index is 248. The molecule has 12 heavy (non-hydrogen) atoms. The number of rotatable bonds is 2. The molecule has 1 saturated carbocycles. The van der Waals surface area contributed by atoms with Crippen LogP contribution >= 0.6 is 11.3 Å². The van der Waals surface area contributed by atoms with Crippen LogP contribution in [0.5, 0.6) is 0 Å². The van der Waals surface area contributed by atoms with E-state index in [1.165, 1.54) is 42.8 Å². The summed E-state index contributed by atoms with van der Waals surface area (Å²) in [6, 6.07) is 0. The van der Waals surface area contributed by atoms with E-state index in [-0.39, 0.29) is 0 Å². The lowest BCUT2D eigenvalue weighted by Crippen LogP contribution is -1.98. The summed E-state index contributed by atoms with van der Waals surface area (Å²) < 4.78 is 0. The van der Waals surface area contributed by atoms with Gasteiger partial charge in [0.05, 0.1) is 10.7 Å². The van der Waals surface area contributed by atoms with Gasteiger partial charge in [0.2, 0.25) is 0 Å². The quantitative estimate of drug-likeness (QED) is 0.683. The molecule has 2 rings (SSSR count). The van der Waals surface area contributed by atoms with E-state index in [9.17, 15) is 0 Å². The van der Waals surface area contributed by atoms with E-state index in [0.29, 0.717) is 0 Å². The molecule has 0 spiro atoms. The second-order valence-corrected chi connectivity index (χ2v) is 4.77. The van der Waals surface area contributed by atoms with Gasteiger partial charge < -0.3 is 0 Å². The maximum Gasteiger partial charge on any atom is 0.0897 e. The number of thiazole rings is 1. The fourth-order valence-corrected chi connectivity index (χ4v) is 2.64. The van der Waals surface area contributed by atoms with Crippen LogP contribution in [-0.2, 0) is 6.42 Å². The third-order valence-corrected chi connectivity index (χ3v) is 3.46. The molecule has 2 heteroatoms. The highest BCUT2D eigenvalue weighted by Crippen LogP contribution is 2.28. The van der Waals surface area contributed by atoms with Crippen molar-refractivity contribution in [1.82, 2.24) is 4.98 Å². The van der Waals surface area contributed by atoms with Crippen LogP contribution in [-0.4, -0.2) is 4.98 Å². The molecule has 1 aromatic rings. The zero-order chi connectivity index (χ0) is 8.39. The van der Waals surface area contributed by atoms with Gasteiger partial charge in [0.1, 0.15) is 0 Å². The Hall–Kier alpha value is -0.370. The van der Waals surface area contributed by atoms with Gasteiger partial charge in [-0.3, -0.25) is 0 Å². The van der Waals surface area contributed by atoms with Gasteiger partial charge in [-0.1, -0.05) is 25.7 Å². The van der Waals surface area contributed by atoms with Gasteiger partial charge in [-0.2, -0.15) is 0 Å². The lowest BCUT2D eigenvalue weighted by molar-refractivity contribution is 0.540. The molecule has 1 aliphatic rings. The monoisotopic (exact) mass is 181 g/mol. The molecule has 0 unspecified atom stereocenters. The molecule has 0 radical (unpaired) electrons. The topological polar surface area (TPSA) is 12.9 Å². The molecular weight excluding hydrogens is 166 g/mol. The van der Waals surface area contributed by atoms with Crippen LogP contribution in [0.2, 0.25) is 0 Å². The van der Waals surface area contributed by atoms with Gasteiger partial charge in [-0.15, -0.1) is 11.3 Å². The minimum atomic E-state index is 0.937. The highest BCUT2D eigenvalue weighted by Gasteiger charge is 2.16. The van der Waals surface area contributed by atoms with E-state index in [4.69, 9.17) is 0 Å². The predicted molar refractivity (Wildman–Crippen MR) is 52.5 cm³/mol. The summed E-state index contributed by atoms with van der Waals surface area (Å²) in [6.07, 6.45) is 6.96. The van der Waals surface area contributed by atoms with Crippen molar-refractivity contribution < 1.29 is 0 Å². The van der Waals surface area contributed by atoms with Crippen LogP contribution in [0, 0.1) is 12.8 Å². The Morgan fingerprint density at radius 1 is 1.50 bits per heavy atom. The first-order valence-corrected chi connectivity index (χ1v) is 5.63. The smallest absolute Gasteiger partial charge is 0.0897 e. The number of aromatic nitrogens is 1. The van der Waals surface area contributed by atoms with Crippen LogP contribution in [0.4, 0.5) is 0 Å². The molecule has 0 N–H and O–H groups in total. The van der Waals surface area contributed by atoms with Crippen LogP contribution in [0.25, 0.3) is 0 Å². The van der Waals surface area contributed by atoms with Gasteiger partial charge in [-0.25, -0.2) is 4.98 Å².